The molecule has 2 N–H and O–H groups in total. The topological polar surface area (TPSA) is 91.0 Å². The molecule has 2 amide bonds. The Morgan fingerprint density at radius 1 is 1.23 bits per heavy atom. The van der Waals surface area contributed by atoms with E-state index in [-0.39, 0.29) is 23.9 Å². The van der Waals surface area contributed by atoms with E-state index in [0.717, 1.165) is 46.9 Å². The monoisotopic (exact) mass is 405 g/mol. The highest BCUT2D eigenvalue weighted by Gasteiger charge is 2.31. The van der Waals surface area contributed by atoms with Crippen LogP contribution in [0.3, 0.4) is 0 Å². The van der Waals surface area contributed by atoms with Gasteiger partial charge in [0.25, 0.3) is 5.91 Å². The van der Waals surface area contributed by atoms with Crippen molar-refractivity contribution in [2.45, 2.75) is 51.6 Å². The smallest absolute Gasteiger partial charge is 0.272 e. The van der Waals surface area contributed by atoms with Crippen molar-refractivity contribution in [3.8, 4) is 11.1 Å². The van der Waals surface area contributed by atoms with Crippen molar-refractivity contribution in [2.75, 3.05) is 7.05 Å². The average molecular weight is 406 g/mol. The van der Waals surface area contributed by atoms with Gasteiger partial charge in [-0.25, -0.2) is 0 Å². The molecule has 0 saturated heterocycles. The fourth-order valence-electron chi connectivity index (χ4n) is 4.21. The van der Waals surface area contributed by atoms with E-state index in [9.17, 15) is 9.59 Å². The van der Waals surface area contributed by atoms with Crippen LogP contribution >= 0.6 is 0 Å². The quantitative estimate of drug-likeness (QED) is 0.680. The third-order valence-corrected chi connectivity index (χ3v) is 6.04. The van der Waals surface area contributed by atoms with Gasteiger partial charge in [0.1, 0.15) is 5.69 Å². The van der Waals surface area contributed by atoms with Crippen LogP contribution in [0.25, 0.3) is 22.0 Å². The molecule has 2 unspecified atom stereocenters. The fraction of sp³-hybridized carbons (Fsp3) is 0.391. The van der Waals surface area contributed by atoms with Gasteiger partial charge in [-0.15, -0.1) is 0 Å². The molecule has 7 nitrogen and oxygen atoms in total. The summed E-state index contributed by atoms with van der Waals surface area (Å²) in [6.45, 7) is 3.90. The lowest BCUT2D eigenvalue weighted by molar-refractivity contribution is -0.121. The maximum atomic E-state index is 12.9. The summed E-state index contributed by atoms with van der Waals surface area (Å²) < 4.78 is 0. The van der Waals surface area contributed by atoms with E-state index < -0.39 is 0 Å². The number of carbonyl (C=O) groups excluding carboxylic acids is 2. The standard InChI is InChI=1S/C23H27N5O2/c1-4-22(29)26-17-6-7-18(11-17)28(3)23(30)20-8-5-15(12-24-20)19-10-16-13-25-27-21(16)9-14(19)2/h5,8-10,12-13,17-18H,4,6-7,11H2,1-3H3,(H,25,27)(H,26,29). The van der Waals surface area contributed by atoms with E-state index in [1.807, 2.05) is 20.0 Å². The number of amides is 2. The van der Waals surface area contributed by atoms with Crippen molar-refractivity contribution in [1.82, 2.24) is 25.4 Å². The zero-order valence-electron chi connectivity index (χ0n) is 17.6. The molecular formula is C23H27N5O2. The molecule has 3 aromatic rings. The second kappa shape index (κ2) is 8.26. The first-order chi connectivity index (χ1) is 14.5. The first-order valence-corrected chi connectivity index (χ1v) is 10.4. The van der Waals surface area contributed by atoms with Gasteiger partial charge in [0.15, 0.2) is 0 Å². The third kappa shape index (κ3) is 3.92. The predicted octanol–water partition coefficient (Wildman–Crippen LogP) is 3.45. The predicted molar refractivity (Wildman–Crippen MR) is 116 cm³/mol. The number of nitrogens with one attached hydrogen (secondary N) is 2. The average Bonchev–Trinajstić information content (AvgIpc) is 3.41. The minimum absolute atomic E-state index is 0.0655. The molecule has 0 aliphatic heterocycles. The minimum Gasteiger partial charge on any atom is -0.353 e. The van der Waals surface area contributed by atoms with Gasteiger partial charge in [0.2, 0.25) is 5.91 Å². The fourth-order valence-corrected chi connectivity index (χ4v) is 4.21. The number of aryl methyl sites for hydroxylation is 1. The van der Waals surface area contributed by atoms with Crippen molar-refractivity contribution in [3.63, 3.8) is 0 Å². The summed E-state index contributed by atoms with van der Waals surface area (Å²) in [6, 6.07) is 8.15. The highest BCUT2D eigenvalue weighted by atomic mass is 16.2. The van der Waals surface area contributed by atoms with Gasteiger partial charge in [0, 0.05) is 42.7 Å². The van der Waals surface area contributed by atoms with Crippen molar-refractivity contribution in [1.29, 1.82) is 0 Å². The molecule has 1 aliphatic carbocycles. The molecule has 156 valence electrons. The Morgan fingerprint density at radius 3 is 2.80 bits per heavy atom. The maximum absolute atomic E-state index is 12.9. The Bertz CT molecular complexity index is 1070. The Kier molecular flexibility index (Phi) is 5.53. The molecule has 0 spiro atoms. The summed E-state index contributed by atoms with van der Waals surface area (Å²) in [5.41, 5.74) is 4.61. The summed E-state index contributed by atoms with van der Waals surface area (Å²) in [5, 5.41) is 11.1. The number of hydrogen-bond acceptors (Lipinski definition) is 4. The SMILES string of the molecule is CCC(=O)NC1CCC(N(C)C(=O)c2ccc(-c3cc4cn[nH]c4cc3C)cn2)C1. The van der Waals surface area contributed by atoms with Crippen molar-refractivity contribution in [3.05, 3.63) is 47.9 Å². The highest BCUT2D eigenvalue weighted by molar-refractivity contribution is 5.93. The van der Waals surface area contributed by atoms with Crippen LogP contribution in [-0.4, -0.2) is 51.0 Å². The number of rotatable bonds is 5. The molecule has 1 aliphatic rings. The highest BCUT2D eigenvalue weighted by Crippen LogP contribution is 2.28. The largest absolute Gasteiger partial charge is 0.353 e. The Balaban J connectivity index is 1.46. The lowest BCUT2D eigenvalue weighted by Crippen LogP contribution is -2.38. The van der Waals surface area contributed by atoms with Crippen LogP contribution in [0.15, 0.2) is 36.7 Å². The molecule has 2 atom stereocenters. The van der Waals surface area contributed by atoms with Crippen LogP contribution in [0, 0.1) is 6.92 Å². The Labute approximate surface area is 175 Å². The maximum Gasteiger partial charge on any atom is 0.272 e. The number of hydrogen-bond donors (Lipinski definition) is 2. The van der Waals surface area contributed by atoms with Crippen LogP contribution in [0.5, 0.6) is 0 Å². The number of benzene rings is 1. The molecule has 1 fully saturated rings. The molecular weight excluding hydrogens is 378 g/mol. The van der Waals surface area contributed by atoms with Crippen molar-refractivity contribution in [2.24, 2.45) is 0 Å². The number of carbonyl (C=O) groups is 2. The van der Waals surface area contributed by atoms with Gasteiger partial charge >= 0.3 is 0 Å². The van der Waals surface area contributed by atoms with Gasteiger partial charge in [-0.1, -0.05) is 13.0 Å². The minimum atomic E-state index is -0.0870. The molecule has 2 heterocycles. The van der Waals surface area contributed by atoms with Gasteiger partial charge < -0.3 is 10.2 Å². The van der Waals surface area contributed by atoms with E-state index in [4.69, 9.17) is 0 Å². The van der Waals surface area contributed by atoms with E-state index in [0.29, 0.717) is 12.1 Å². The number of nitrogens with zero attached hydrogens (tertiary/aromatic N) is 3. The summed E-state index contributed by atoms with van der Waals surface area (Å²) in [5.74, 6) is -0.0215. The van der Waals surface area contributed by atoms with Crippen LogP contribution in [0.4, 0.5) is 0 Å². The summed E-state index contributed by atoms with van der Waals surface area (Å²) in [7, 11) is 1.82. The molecule has 7 heteroatoms. The first kappa shape index (κ1) is 20.1. The van der Waals surface area contributed by atoms with Crippen LogP contribution in [0.2, 0.25) is 0 Å². The first-order valence-electron chi connectivity index (χ1n) is 10.4. The zero-order valence-corrected chi connectivity index (χ0v) is 17.6. The molecule has 1 saturated carbocycles. The number of fused-ring (bicyclic) bond motifs is 1. The van der Waals surface area contributed by atoms with E-state index in [1.54, 1.807) is 23.4 Å². The van der Waals surface area contributed by atoms with E-state index in [2.05, 4.69) is 39.6 Å². The molecule has 30 heavy (non-hydrogen) atoms. The second-order valence-electron chi connectivity index (χ2n) is 8.06. The summed E-state index contributed by atoms with van der Waals surface area (Å²) in [4.78, 5) is 30.8. The molecule has 0 radical (unpaired) electrons. The van der Waals surface area contributed by atoms with Gasteiger partial charge in [-0.2, -0.15) is 5.10 Å². The lowest BCUT2D eigenvalue weighted by atomic mass is 10.00. The number of aromatic amines is 1. The van der Waals surface area contributed by atoms with Crippen molar-refractivity contribution >= 4 is 22.7 Å². The summed E-state index contributed by atoms with van der Waals surface area (Å²) in [6.07, 6.45) is 6.62. The normalized spacial score (nSPS) is 18.5. The van der Waals surface area contributed by atoms with Gasteiger partial charge in [-0.05, 0) is 55.5 Å². The number of H-pyrrole nitrogens is 1. The lowest BCUT2D eigenvalue weighted by Gasteiger charge is -2.24. The van der Waals surface area contributed by atoms with Crippen LogP contribution < -0.4 is 5.32 Å². The van der Waals surface area contributed by atoms with Crippen molar-refractivity contribution < 1.29 is 9.59 Å². The number of aromatic nitrogens is 3. The van der Waals surface area contributed by atoms with E-state index >= 15 is 0 Å². The molecule has 0 bridgehead atoms. The molecule has 1 aromatic carbocycles. The van der Waals surface area contributed by atoms with Gasteiger partial charge in [-0.3, -0.25) is 19.7 Å². The van der Waals surface area contributed by atoms with Gasteiger partial charge in [0.05, 0.1) is 11.7 Å². The Morgan fingerprint density at radius 2 is 2.07 bits per heavy atom. The Hall–Kier alpha value is -3.22. The van der Waals surface area contributed by atoms with Crippen LogP contribution in [0.1, 0.15) is 48.7 Å². The third-order valence-electron chi connectivity index (χ3n) is 6.04. The zero-order chi connectivity index (χ0) is 21.3. The molecule has 4 rings (SSSR count). The number of pyridine rings is 1. The molecule has 2 aromatic heterocycles. The van der Waals surface area contributed by atoms with Crippen LogP contribution in [-0.2, 0) is 4.79 Å². The van der Waals surface area contributed by atoms with E-state index in [1.165, 1.54) is 0 Å². The summed E-state index contributed by atoms with van der Waals surface area (Å²) >= 11 is 0. The second-order valence-corrected chi connectivity index (χ2v) is 8.06.